The molecule has 0 bridgehead atoms. The molecule has 5 nitrogen and oxygen atoms in total. The molecule has 3 aromatic rings. The summed E-state index contributed by atoms with van der Waals surface area (Å²) in [6, 6.07) is 5.13. The molecule has 0 saturated heterocycles. The Morgan fingerprint density at radius 3 is 2.74 bits per heavy atom. The van der Waals surface area contributed by atoms with E-state index < -0.39 is 0 Å². The van der Waals surface area contributed by atoms with Crippen LogP contribution in [0.5, 0.6) is 0 Å². The molecule has 1 aromatic carbocycles. The highest BCUT2D eigenvalue weighted by atomic mass is 35.5. The van der Waals surface area contributed by atoms with E-state index in [4.69, 9.17) is 23.2 Å². The summed E-state index contributed by atoms with van der Waals surface area (Å²) in [5.74, 6) is 0.586. The third-order valence-electron chi connectivity index (χ3n) is 4.70. The van der Waals surface area contributed by atoms with Crippen LogP contribution in [-0.2, 0) is 17.6 Å². The van der Waals surface area contributed by atoms with Gasteiger partial charge in [-0.25, -0.2) is 9.97 Å². The number of nitrogens with one attached hydrogen (secondary N) is 1. The number of likely N-dealkylation sites (N-methyl/N-ethyl adjacent to an activating group) is 1. The van der Waals surface area contributed by atoms with Gasteiger partial charge in [-0.15, -0.1) is 11.3 Å². The molecule has 8 heteroatoms. The summed E-state index contributed by atoms with van der Waals surface area (Å²) >= 11 is 14.0. The first-order valence-corrected chi connectivity index (χ1v) is 10.3. The van der Waals surface area contributed by atoms with Gasteiger partial charge >= 0.3 is 0 Å². The normalized spacial score (nSPS) is 13.4. The molecular weight excluding hydrogens is 403 g/mol. The van der Waals surface area contributed by atoms with Gasteiger partial charge in [0.25, 0.3) is 0 Å². The summed E-state index contributed by atoms with van der Waals surface area (Å²) < 4.78 is 0. The number of para-hydroxylation sites is 1. The van der Waals surface area contributed by atoms with E-state index in [1.807, 2.05) is 11.9 Å². The lowest BCUT2D eigenvalue weighted by Crippen LogP contribution is -2.31. The first kappa shape index (κ1) is 18.5. The van der Waals surface area contributed by atoms with Gasteiger partial charge in [0.2, 0.25) is 5.91 Å². The molecule has 0 radical (unpaired) electrons. The van der Waals surface area contributed by atoms with Crippen molar-refractivity contribution in [2.45, 2.75) is 25.7 Å². The van der Waals surface area contributed by atoms with Crippen molar-refractivity contribution in [2.75, 3.05) is 23.8 Å². The zero-order valence-corrected chi connectivity index (χ0v) is 17.1. The lowest BCUT2D eigenvalue weighted by atomic mass is 9.97. The highest BCUT2D eigenvalue weighted by molar-refractivity contribution is 7.19. The van der Waals surface area contributed by atoms with Crippen LogP contribution >= 0.6 is 34.5 Å². The first-order chi connectivity index (χ1) is 13.0. The molecule has 1 amide bonds. The molecule has 0 unspecified atom stereocenters. The number of hydrogen-bond donors (Lipinski definition) is 1. The van der Waals surface area contributed by atoms with Gasteiger partial charge in [0.1, 0.15) is 17.0 Å². The Morgan fingerprint density at radius 1 is 1.22 bits per heavy atom. The van der Waals surface area contributed by atoms with Crippen LogP contribution in [0, 0.1) is 0 Å². The zero-order valence-electron chi connectivity index (χ0n) is 14.8. The van der Waals surface area contributed by atoms with Crippen molar-refractivity contribution in [3.8, 4) is 0 Å². The Labute approximate surface area is 171 Å². The van der Waals surface area contributed by atoms with E-state index in [9.17, 15) is 4.79 Å². The van der Waals surface area contributed by atoms with Gasteiger partial charge in [0.15, 0.2) is 0 Å². The predicted molar refractivity (Wildman–Crippen MR) is 112 cm³/mol. The molecule has 27 heavy (non-hydrogen) atoms. The molecule has 0 fully saturated rings. The van der Waals surface area contributed by atoms with Crippen LogP contribution in [-0.4, -0.2) is 29.5 Å². The lowest BCUT2D eigenvalue weighted by molar-refractivity contribution is -0.114. The molecule has 1 aliphatic rings. The Balaban J connectivity index is 1.59. The first-order valence-electron chi connectivity index (χ1n) is 8.75. The second kappa shape index (κ2) is 7.62. The Hall–Kier alpha value is -1.89. The molecule has 4 rings (SSSR count). The van der Waals surface area contributed by atoms with Crippen molar-refractivity contribution in [3.63, 3.8) is 0 Å². The molecule has 0 spiro atoms. The minimum absolute atomic E-state index is 0.137. The van der Waals surface area contributed by atoms with E-state index in [-0.39, 0.29) is 12.5 Å². The van der Waals surface area contributed by atoms with E-state index in [0.29, 0.717) is 15.7 Å². The maximum Gasteiger partial charge on any atom is 0.244 e. The summed E-state index contributed by atoms with van der Waals surface area (Å²) in [7, 11) is 1.86. The van der Waals surface area contributed by atoms with Gasteiger partial charge in [-0.2, -0.15) is 0 Å². The number of nitrogens with zero attached hydrogens (tertiary/aromatic N) is 3. The summed E-state index contributed by atoms with van der Waals surface area (Å²) in [5, 5.41) is 4.71. The molecule has 2 heterocycles. The van der Waals surface area contributed by atoms with Gasteiger partial charge in [-0.1, -0.05) is 29.3 Å². The number of aromatic nitrogens is 2. The second-order valence-corrected chi connectivity index (χ2v) is 8.49. The van der Waals surface area contributed by atoms with Gasteiger partial charge in [0.05, 0.1) is 27.7 Å². The SMILES string of the molecule is CN(CC(=O)Nc1c(Cl)cccc1Cl)c1ncnc2sc3c(c12)CCCC3. The monoisotopic (exact) mass is 420 g/mol. The fourth-order valence-electron chi connectivity index (χ4n) is 3.45. The van der Waals surface area contributed by atoms with Crippen molar-refractivity contribution < 1.29 is 4.79 Å². The number of hydrogen-bond acceptors (Lipinski definition) is 5. The fraction of sp³-hybridized carbons (Fsp3) is 0.316. The van der Waals surface area contributed by atoms with Crippen LogP contribution < -0.4 is 10.2 Å². The number of amides is 1. The van der Waals surface area contributed by atoms with E-state index in [1.165, 1.54) is 23.3 Å². The molecule has 0 atom stereocenters. The summed E-state index contributed by atoms with van der Waals surface area (Å²) in [6.07, 6.45) is 6.12. The van der Waals surface area contributed by atoms with E-state index >= 15 is 0 Å². The van der Waals surface area contributed by atoms with Crippen molar-refractivity contribution in [1.82, 2.24) is 9.97 Å². The molecule has 0 aliphatic heterocycles. The predicted octanol–water partition coefficient (Wildman–Crippen LogP) is 4.95. The second-order valence-electron chi connectivity index (χ2n) is 6.59. The van der Waals surface area contributed by atoms with E-state index in [0.717, 1.165) is 28.9 Å². The summed E-state index contributed by atoms with van der Waals surface area (Å²) in [5.41, 5.74) is 1.78. The number of rotatable bonds is 4. The number of anilines is 2. The Kier molecular flexibility index (Phi) is 5.21. The number of benzene rings is 1. The summed E-state index contributed by atoms with van der Waals surface area (Å²) in [6.45, 7) is 0.137. The number of carbonyl (C=O) groups excluding carboxylic acids is 1. The minimum atomic E-state index is -0.205. The van der Waals surface area contributed by atoms with Crippen molar-refractivity contribution in [1.29, 1.82) is 0 Å². The van der Waals surface area contributed by atoms with Crippen LogP contribution in [0.1, 0.15) is 23.3 Å². The van der Waals surface area contributed by atoms with Crippen LogP contribution in [0.2, 0.25) is 10.0 Å². The maximum atomic E-state index is 12.6. The van der Waals surface area contributed by atoms with Gasteiger partial charge in [-0.05, 0) is 43.4 Å². The molecule has 0 saturated carbocycles. The smallest absolute Gasteiger partial charge is 0.244 e. The third-order valence-corrected chi connectivity index (χ3v) is 6.53. The third kappa shape index (κ3) is 3.61. The summed E-state index contributed by atoms with van der Waals surface area (Å²) in [4.78, 5) is 25.7. The maximum absolute atomic E-state index is 12.6. The highest BCUT2D eigenvalue weighted by Gasteiger charge is 2.22. The van der Waals surface area contributed by atoms with Crippen molar-refractivity contribution >= 4 is 62.2 Å². The molecule has 1 N–H and O–H groups in total. The van der Waals surface area contributed by atoms with Gasteiger partial charge in [0, 0.05) is 11.9 Å². The Morgan fingerprint density at radius 2 is 1.96 bits per heavy atom. The number of carbonyl (C=O) groups is 1. The highest BCUT2D eigenvalue weighted by Crippen LogP contribution is 2.39. The van der Waals surface area contributed by atoms with E-state index in [1.54, 1.807) is 35.9 Å². The van der Waals surface area contributed by atoms with Crippen LogP contribution in [0.3, 0.4) is 0 Å². The van der Waals surface area contributed by atoms with Crippen LogP contribution in [0.4, 0.5) is 11.5 Å². The minimum Gasteiger partial charge on any atom is -0.350 e. The quantitative estimate of drug-likeness (QED) is 0.648. The van der Waals surface area contributed by atoms with Crippen molar-refractivity contribution in [3.05, 3.63) is 45.0 Å². The Bertz CT molecular complexity index is 1000. The largest absolute Gasteiger partial charge is 0.350 e. The van der Waals surface area contributed by atoms with Crippen LogP contribution in [0.15, 0.2) is 24.5 Å². The molecule has 2 aromatic heterocycles. The number of thiophene rings is 1. The topological polar surface area (TPSA) is 58.1 Å². The lowest BCUT2D eigenvalue weighted by Gasteiger charge is -2.20. The molecular formula is C19H18Cl2N4OS. The van der Waals surface area contributed by atoms with Crippen molar-refractivity contribution in [2.24, 2.45) is 0 Å². The molecule has 140 valence electrons. The fourth-order valence-corrected chi connectivity index (χ4v) is 5.16. The number of halogens is 2. The standard InChI is InChI=1S/C19H18Cl2N4OS/c1-25(9-15(26)24-17-12(20)6-4-7-13(17)21)18-16-11-5-2-3-8-14(11)27-19(16)23-10-22-18/h4,6-7,10H,2-3,5,8-9H2,1H3,(H,24,26). The zero-order chi connectivity index (χ0) is 19.0. The average molecular weight is 421 g/mol. The van der Waals surface area contributed by atoms with Crippen LogP contribution in [0.25, 0.3) is 10.2 Å². The number of aryl methyl sites for hydroxylation is 2. The number of fused-ring (bicyclic) bond motifs is 3. The van der Waals surface area contributed by atoms with Gasteiger partial charge < -0.3 is 10.2 Å². The van der Waals surface area contributed by atoms with Gasteiger partial charge in [-0.3, -0.25) is 4.79 Å². The average Bonchev–Trinajstić information content (AvgIpc) is 3.03. The molecule has 1 aliphatic carbocycles. The van der Waals surface area contributed by atoms with E-state index in [2.05, 4.69) is 15.3 Å².